The number of ketones is 5. The number of thiophene rings is 3. The molecule has 0 aliphatic rings. The van der Waals surface area contributed by atoms with Crippen LogP contribution in [-0.4, -0.2) is 127 Å². The van der Waals surface area contributed by atoms with Crippen LogP contribution in [0.2, 0.25) is 20.1 Å². The first-order valence-electron chi connectivity index (χ1n) is 40.7. The van der Waals surface area contributed by atoms with Gasteiger partial charge in [-0.25, -0.2) is 9.59 Å². The van der Waals surface area contributed by atoms with Gasteiger partial charge in [0.25, 0.3) is 16.7 Å². The number of carboxylic acid groups (broad SMARTS) is 1. The standard InChI is InChI=1S/C29H24ClNO6S.C25H26ClNO5S.C20H22ClNO5.C14H12ClNO3.C6H11BrO2.C5H5BrS.CH4/c1-17(32)22-8-7-21(30)13-23(22)24-14-28(34)31(15-27(24)37-2)25(11-19-9-10-38-16-19)26(33)12-18-3-5-20(6-4-18)29(35)36;1-15(28)18-7-6-17(26)11-19(18)20-12-23(29)27(13-22(20)31-5)21(10-16-8-9-33-14-16)24(30)32-25(2,3)4;1-12(23)14-7-6-13(21)8-15(14)16-9-18(24)22(10-17(16)26-5)11-19(25)27-20(2,3)4;1-8(17)10-4-3-9(15)5-11(10)12-6-14(18)16-7-13(12)19-2;1-6(2,3)9-5(8)4-7;6-3-5-1-2-7-4-5;/h3-10,13-16,25H,11-12H2,1-2H3,(H,35,36);6-9,11-14,21H,10H2,1-5H3;6-10H,11H2,1-5H3;3-7H,1-2H3,(H,16,18);4H2,1-3H3;1-2,4H,3H2;1H4. The van der Waals surface area contributed by atoms with Crippen molar-refractivity contribution >= 4 is 165 Å². The molecule has 0 bridgehead atoms. The van der Waals surface area contributed by atoms with Crippen LogP contribution >= 0.6 is 112 Å². The largest absolute Gasteiger partial charge is 0.495 e. The molecule has 2 atom stereocenters. The van der Waals surface area contributed by atoms with E-state index in [-0.39, 0.29) is 90.2 Å². The summed E-state index contributed by atoms with van der Waals surface area (Å²) in [6.07, 6.45) is 6.45. The Kier molecular flexibility index (Phi) is 42.6. The lowest BCUT2D eigenvalue weighted by Crippen LogP contribution is -2.36. The normalized spacial score (nSPS) is 11.3. The molecule has 0 radical (unpaired) electrons. The van der Waals surface area contributed by atoms with E-state index in [0.29, 0.717) is 115 Å². The van der Waals surface area contributed by atoms with Crippen LogP contribution in [0, 0.1) is 0 Å². The second-order valence-corrected chi connectivity index (χ2v) is 37.6. The Morgan fingerprint density at radius 1 is 0.418 bits per heavy atom. The Labute approximate surface area is 825 Å². The highest BCUT2D eigenvalue weighted by atomic mass is 79.9. The molecule has 0 spiro atoms. The molecule has 134 heavy (non-hydrogen) atoms. The average molecular weight is 2100 g/mol. The fraction of sp³-hybridized carbons (Fsp3) is 0.290. The summed E-state index contributed by atoms with van der Waals surface area (Å²) in [5, 5.41) is 24.0. The number of H-pyrrole nitrogens is 1. The van der Waals surface area contributed by atoms with Crippen LogP contribution in [0.1, 0.15) is 184 Å². The summed E-state index contributed by atoms with van der Waals surface area (Å²) < 4.78 is 41.4. The van der Waals surface area contributed by atoms with E-state index < -0.39 is 57.9 Å². The second kappa shape index (κ2) is 51.3. The molecule has 2 N–H and O–H groups in total. The zero-order valence-electron chi connectivity index (χ0n) is 75.9. The first kappa shape index (κ1) is 111. The van der Waals surface area contributed by atoms with Crippen LogP contribution in [0.4, 0.5) is 0 Å². The van der Waals surface area contributed by atoms with E-state index in [4.69, 9.17) is 84.7 Å². The lowest BCUT2D eigenvalue weighted by atomic mass is 9.96. The van der Waals surface area contributed by atoms with Gasteiger partial charge >= 0.3 is 23.9 Å². The Morgan fingerprint density at radius 2 is 0.769 bits per heavy atom. The molecule has 12 aromatic rings. The molecule has 5 aromatic carbocycles. The number of halogens is 6. The fourth-order valence-corrected chi connectivity index (χ4v) is 16.4. The SMILES string of the molecule is BrCc1ccsc1.C.CC(C)(C)OC(=O)CBr.COc1c[nH]c(=O)cc1-c1cc(Cl)ccc1C(C)=O.COc1cn(C(Cc2ccsc2)C(=O)Cc2ccc(C(=O)O)cc2)c(=O)cc1-c1cc(Cl)ccc1C(C)=O.COc1cn(C(Cc2ccsc2)C(=O)OC(C)(C)C)c(=O)cc1-c1cc(Cl)ccc1C(C)=O.COc1cn(CC(=O)OC(C)(C)C)c(=O)cc1-c1cc(Cl)ccc1C(C)=O. The van der Waals surface area contributed by atoms with Gasteiger partial charge in [-0.1, -0.05) is 97.8 Å². The van der Waals surface area contributed by atoms with Gasteiger partial charge < -0.3 is 52.4 Å². The van der Waals surface area contributed by atoms with Crippen molar-refractivity contribution in [2.75, 3.05) is 33.8 Å². The number of alkyl halides is 2. The molecule has 7 heterocycles. The zero-order chi connectivity index (χ0) is 98.7. The highest BCUT2D eigenvalue weighted by Gasteiger charge is 2.32. The predicted molar refractivity (Wildman–Crippen MR) is 538 cm³/mol. The summed E-state index contributed by atoms with van der Waals surface area (Å²) in [4.78, 5) is 162. The van der Waals surface area contributed by atoms with Crippen molar-refractivity contribution in [2.24, 2.45) is 0 Å². The maximum Gasteiger partial charge on any atom is 0.335 e. The van der Waals surface area contributed by atoms with E-state index in [1.165, 1.54) is 159 Å². The van der Waals surface area contributed by atoms with E-state index >= 15 is 0 Å². The maximum atomic E-state index is 13.6. The Balaban J connectivity index is 0.000000264. The van der Waals surface area contributed by atoms with Crippen molar-refractivity contribution in [1.82, 2.24) is 18.7 Å². The maximum absolute atomic E-state index is 13.6. The van der Waals surface area contributed by atoms with Gasteiger partial charge in [0, 0.05) is 120 Å². The third-order valence-corrected chi connectivity index (χ3v) is 23.1. The topological polar surface area (TPSA) is 337 Å². The predicted octanol–water partition coefficient (Wildman–Crippen LogP) is 22.9. The minimum atomic E-state index is -1.05. The molecule has 0 aliphatic carbocycles. The summed E-state index contributed by atoms with van der Waals surface area (Å²) in [7, 11) is 5.85. The number of pyridine rings is 4. The van der Waals surface area contributed by atoms with Crippen LogP contribution in [0.25, 0.3) is 44.5 Å². The van der Waals surface area contributed by atoms with Gasteiger partial charge in [-0.3, -0.25) is 57.3 Å². The molecule has 0 fully saturated rings. The number of esters is 3. The molecule has 0 amide bonds. The van der Waals surface area contributed by atoms with Crippen molar-refractivity contribution in [2.45, 2.75) is 157 Å². The van der Waals surface area contributed by atoms with Crippen LogP contribution in [-0.2, 0) is 64.5 Å². The van der Waals surface area contributed by atoms with E-state index in [1.807, 2.05) is 54.4 Å². The molecule has 0 aliphatic heterocycles. The quantitative estimate of drug-likeness (QED) is 0.0209. The van der Waals surface area contributed by atoms with Crippen LogP contribution in [0.5, 0.6) is 23.0 Å². The zero-order valence-corrected chi connectivity index (χ0v) is 84.5. The molecule has 34 heteroatoms. The first-order valence-corrected chi connectivity index (χ1v) is 47.2. The number of nitrogens with zero attached hydrogens (tertiary/aromatic N) is 3. The van der Waals surface area contributed by atoms with Gasteiger partial charge in [0.2, 0.25) is 5.56 Å². The second-order valence-electron chi connectivity index (χ2n) is 32.4. The highest BCUT2D eigenvalue weighted by Crippen LogP contribution is 2.39. The molecule has 2 unspecified atom stereocenters. The molecule has 0 saturated heterocycles. The number of benzene rings is 5. The van der Waals surface area contributed by atoms with Crippen LogP contribution in [0.3, 0.4) is 0 Å². The Hall–Kier alpha value is -11.5. The highest BCUT2D eigenvalue weighted by molar-refractivity contribution is 9.09. The van der Waals surface area contributed by atoms with Gasteiger partial charge in [0.1, 0.15) is 57.7 Å². The van der Waals surface area contributed by atoms with Crippen molar-refractivity contribution in [3.8, 4) is 67.5 Å². The summed E-state index contributed by atoms with van der Waals surface area (Å²) >= 11 is 35.5. The number of carbonyl (C=O) groups is 9. The number of hydrogen-bond donors (Lipinski definition) is 2. The minimum Gasteiger partial charge on any atom is -0.495 e. The number of nitrogens with one attached hydrogen (secondary N) is 1. The number of carbonyl (C=O) groups excluding carboxylic acids is 8. The van der Waals surface area contributed by atoms with E-state index in [0.717, 1.165) is 16.5 Å². The number of aromatic carboxylic acids is 1. The number of rotatable bonds is 27. The summed E-state index contributed by atoms with van der Waals surface area (Å²) in [6, 6.07) is 35.1. The molecule has 0 saturated carbocycles. The van der Waals surface area contributed by atoms with Crippen molar-refractivity contribution in [3.63, 3.8) is 0 Å². The van der Waals surface area contributed by atoms with Gasteiger partial charge in [0.05, 0.1) is 58.6 Å². The number of ether oxygens (including phenoxy) is 7. The number of Topliss-reactive ketones (excluding diaryl/α,β-unsaturated/α-hetero) is 5. The summed E-state index contributed by atoms with van der Waals surface area (Å²) in [6.45, 7) is 21.6. The van der Waals surface area contributed by atoms with Gasteiger partial charge in [-0.05, 0) is 270 Å². The average Bonchev–Trinajstić information content (AvgIpc) is 1.02. The number of carboxylic acids is 1. The minimum absolute atomic E-state index is 0. The third kappa shape index (κ3) is 33.3. The van der Waals surface area contributed by atoms with Crippen molar-refractivity contribution in [3.05, 3.63) is 308 Å². The van der Waals surface area contributed by atoms with E-state index in [1.54, 1.807) is 138 Å². The van der Waals surface area contributed by atoms with Crippen LogP contribution < -0.4 is 41.2 Å². The lowest BCUT2D eigenvalue weighted by Gasteiger charge is -2.25. The van der Waals surface area contributed by atoms with Crippen molar-refractivity contribution in [1.29, 1.82) is 0 Å². The number of aromatic nitrogens is 4. The smallest absolute Gasteiger partial charge is 0.335 e. The van der Waals surface area contributed by atoms with E-state index in [2.05, 4.69) is 53.7 Å². The fourth-order valence-electron chi connectivity index (χ4n) is 13.0. The molecule has 7 aromatic heterocycles. The molecule has 12 rings (SSSR count). The monoisotopic (exact) mass is 2090 g/mol. The van der Waals surface area contributed by atoms with Gasteiger partial charge in [-0.15, -0.1) is 0 Å². The summed E-state index contributed by atoms with van der Waals surface area (Å²) in [5.41, 5.74) is 6.19. The van der Waals surface area contributed by atoms with Crippen molar-refractivity contribution < 1.29 is 81.4 Å². The molecular formula is C100H104Br2Cl4N4O21S3. The Bertz CT molecular complexity index is 6410. The number of hydrogen-bond acceptors (Lipinski definition) is 23. The first-order chi connectivity index (χ1) is 62.6. The third-order valence-electron chi connectivity index (χ3n) is 18.9. The van der Waals surface area contributed by atoms with Gasteiger partial charge in [-0.2, -0.15) is 34.0 Å². The van der Waals surface area contributed by atoms with Crippen LogP contribution in [0.15, 0.2) is 216 Å². The lowest BCUT2D eigenvalue weighted by molar-refractivity contribution is -0.159. The molecule has 25 nitrogen and oxygen atoms in total. The van der Waals surface area contributed by atoms with Gasteiger partial charge in [0.15, 0.2) is 28.9 Å². The Morgan fingerprint density at radius 3 is 1.10 bits per heavy atom. The number of methoxy groups -OCH3 is 4. The van der Waals surface area contributed by atoms with E-state index in [9.17, 15) is 62.3 Å². The molecule has 710 valence electrons. The number of aromatic amines is 1. The molecular weight excluding hydrogens is 1990 g/mol. The summed E-state index contributed by atoms with van der Waals surface area (Å²) in [5.74, 6) is -1.72.